The van der Waals surface area contributed by atoms with E-state index in [1.165, 1.54) is 87.4 Å². The Labute approximate surface area is 340 Å². The first-order valence-electron chi connectivity index (χ1n) is 20.7. The lowest BCUT2D eigenvalue weighted by Crippen LogP contribution is -2.28. The zero-order valence-electron chi connectivity index (χ0n) is 32.4. The highest BCUT2D eigenvalue weighted by Gasteiger charge is 2.44. The Kier molecular flexibility index (Phi) is 8.43. The van der Waals surface area contributed by atoms with Gasteiger partial charge in [0.2, 0.25) is 0 Å². The van der Waals surface area contributed by atoms with Crippen molar-refractivity contribution >= 4 is 10.8 Å². The quantitative estimate of drug-likeness (QED) is 0.170. The van der Waals surface area contributed by atoms with Crippen LogP contribution in [0.15, 0.2) is 194 Å². The van der Waals surface area contributed by atoms with Gasteiger partial charge in [-0.2, -0.15) is 0 Å². The fourth-order valence-corrected chi connectivity index (χ4v) is 9.81. The Morgan fingerprint density at radius 2 is 0.845 bits per heavy atom. The third-order valence-electron chi connectivity index (χ3n) is 12.7. The van der Waals surface area contributed by atoms with Crippen molar-refractivity contribution in [3.63, 3.8) is 0 Å². The number of hydrogen-bond acceptors (Lipinski definition) is 2. The SMILES string of the molecule is c1ccc(-c2cccc(-c3cc(-c4cccc(-c5ccc(-c6cccc7c6-c6cc8ccccc8cc6C76CCCCC6)cc5)c4)nc(-c4ccccc4)n3)c2)cc1. The van der Waals surface area contributed by atoms with Crippen LogP contribution in [-0.2, 0) is 5.41 Å². The second-order valence-corrected chi connectivity index (χ2v) is 16.0. The molecule has 0 atom stereocenters. The van der Waals surface area contributed by atoms with E-state index in [4.69, 9.17) is 9.97 Å². The highest BCUT2D eigenvalue weighted by Crippen LogP contribution is 2.58. The summed E-state index contributed by atoms with van der Waals surface area (Å²) in [6.45, 7) is 0. The van der Waals surface area contributed by atoms with Crippen LogP contribution in [0.4, 0.5) is 0 Å². The van der Waals surface area contributed by atoms with E-state index < -0.39 is 0 Å². The Bertz CT molecular complexity index is 2960. The summed E-state index contributed by atoms with van der Waals surface area (Å²) in [5.41, 5.74) is 18.2. The fourth-order valence-electron chi connectivity index (χ4n) is 9.81. The Morgan fingerprint density at radius 1 is 0.328 bits per heavy atom. The van der Waals surface area contributed by atoms with Crippen LogP contribution in [0.3, 0.4) is 0 Å². The van der Waals surface area contributed by atoms with Crippen molar-refractivity contribution in [2.24, 2.45) is 0 Å². The molecule has 1 fully saturated rings. The lowest BCUT2D eigenvalue weighted by Gasteiger charge is -2.36. The molecule has 8 aromatic carbocycles. The molecule has 0 aliphatic heterocycles. The van der Waals surface area contributed by atoms with Gasteiger partial charge in [-0.1, -0.05) is 183 Å². The summed E-state index contributed by atoms with van der Waals surface area (Å²) in [7, 11) is 0. The molecule has 1 spiro atoms. The minimum Gasteiger partial charge on any atom is -0.228 e. The first kappa shape index (κ1) is 34.4. The number of nitrogens with zero attached hydrogens (tertiary/aromatic N) is 2. The third-order valence-corrected chi connectivity index (χ3v) is 12.7. The van der Waals surface area contributed by atoms with Crippen LogP contribution in [0.5, 0.6) is 0 Å². The Morgan fingerprint density at radius 3 is 1.50 bits per heavy atom. The molecule has 2 nitrogen and oxygen atoms in total. The summed E-state index contributed by atoms with van der Waals surface area (Å²) in [6, 6.07) is 70.5. The van der Waals surface area contributed by atoms with Gasteiger partial charge < -0.3 is 0 Å². The maximum atomic E-state index is 5.16. The second kappa shape index (κ2) is 14.2. The molecule has 1 saturated carbocycles. The first-order valence-corrected chi connectivity index (χ1v) is 20.7. The minimum absolute atomic E-state index is 0.106. The number of hydrogen-bond donors (Lipinski definition) is 0. The molecule has 0 N–H and O–H groups in total. The lowest BCUT2D eigenvalue weighted by molar-refractivity contribution is 0.353. The van der Waals surface area contributed by atoms with Gasteiger partial charge in [0.15, 0.2) is 5.82 Å². The van der Waals surface area contributed by atoms with Crippen LogP contribution >= 0.6 is 0 Å². The molecule has 0 amide bonds. The third kappa shape index (κ3) is 5.96. The summed E-state index contributed by atoms with van der Waals surface area (Å²) < 4.78 is 0. The zero-order valence-corrected chi connectivity index (χ0v) is 32.4. The average Bonchev–Trinajstić information content (AvgIpc) is 3.56. The van der Waals surface area contributed by atoms with Crippen molar-refractivity contribution in [2.45, 2.75) is 37.5 Å². The van der Waals surface area contributed by atoms with E-state index in [9.17, 15) is 0 Å². The highest BCUT2D eigenvalue weighted by molar-refractivity contribution is 5.99. The van der Waals surface area contributed by atoms with Gasteiger partial charge in [-0.25, -0.2) is 9.97 Å². The van der Waals surface area contributed by atoms with Gasteiger partial charge in [-0.15, -0.1) is 0 Å². The second-order valence-electron chi connectivity index (χ2n) is 16.0. The van der Waals surface area contributed by atoms with Crippen LogP contribution < -0.4 is 0 Å². The highest BCUT2D eigenvalue weighted by atomic mass is 14.9. The molecule has 58 heavy (non-hydrogen) atoms. The predicted octanol–water partition coefficient (Wildman–Crippen LogP) is 14.9. The molecule has 0 saturated heterocycles. The summed E-state index contributed by atoms with van der Waals surface area (Å²) in [4.78, 5) is 10.3. The van der Waals surface area contributed by atoms with Crippen molar-refractivity contribution in [1.82, 2.24) is 9.97 Å². The fraction of sp³-hybridized carbons (Fsp3) is 0.107. The molecule has 0 bridgehead atoms. The molecular weight excluding hydrogens is 701 g/mol. The van der Waals surface area contributed by atoms with Gasteiger partial charge >= 0.3 is 0 Å². The normalized spacial score (nSPS) is 14.0. The molecule has 2 aliphatic rings. The molecule has 1 heterocycles. The minimum atomic E-state index is 0.106. The van der Waals surface area contributed by atoms with Crippen molar-refractivity contribution in [3.05, 3.63) is 205 Å². The van der Waals surface area contributed by atoms with Crippen LogP contribution in [0.2, 0.25) is 0 Å². The monoisotopic (exact) mass is 742 g/mol. The molecule has 0 unspecified atom stereocenters. The maximum absolute atomic E-state index is 5.16. The topological polar surface area (TPSA) is 25.8 Å². The van der Waals surface area contributed by atoms with E-state index in [1.807, 2.05) is 18.2 Å². The average molecular weight is 743 g/mol. The van der Waals surface area contributed by atoms with Crippen LogP contribution in [-0.4, -0.2) is 9.97 Å². The van der Waals surface area contributed by atoms with Crippen molar-refractivity contribution in [2.75, 3.05) is 0 Å². The van der Waals surface area contributed by atoms with E-state index in [0.29, 0.717) is 5.82 Å². The number of fused-ring (bicyclic) bond motifs is 6. The molecule has 9 aromatic rings. The molecule has 276 valence electrons. The molecule has 0 radical (unpaired) electrons. The lowest BCUT2D eigenvalue weighted by atomic mass is 9.67. The maximum Gasteiger partial charge on any atom is 0.160 e. The molecule has 2 heteroatoms. The van der Waals surface area contributed by atoms with E-state index in [0.717, 1.165) is 39.2 Å². The van der Waals surface area contributed by atoms with E-state index >= 15 is 0 Å². The molecule has 2 aliphatic carbocycles. The van der Waals surface area contributed by atoms with Gasteiger partial charge in [0.25, 0.3) is 0 Å². The number of rotatable bonds is 6. The van der Waals surface area contributed by atoms with E-state index in [1.54, 1.807) is 0 Å². The van der Waals surface area contributed by atoms with Gasteiger partial charge in [-0.05, 0) is 110 Å². The van der Waals surface area contributed by atoms with E-state index in [-0.39, 0.29) is 5.41 Å². The van der Waals surface area contributed by atoms with Gasteiger partial charge in [0.1, 0.15) is 0 Å². The summed E-state index contributed by atoms with van der Waals surface area (Å²) in [6.07, 6.45) is 6.36. The summed E-state index contributed by atoms with van der Waals surface area (Å²) >= 11 is 0. The molecule has 1 aromatic heterocycles. The van der Waals surface area contributed by atoms with E-state index in [2.05, 4.69) is 176 Å². The number of benzene rings is 8. The van der Waals surface area contributed by atoms with Crippen LogP contribution in [0.25, 0.3) is 89.2 Å². The first-order chi connectivity index (χ1) is 28.7. The predicted molar refractivity (Wildman–Crippen MR) is 241 cm³/mol. The molecule has 11 rings (SSSR count). The Hall–Kier alpha value is -6.90. The van der Waals surface area contributed by atoms with Crippen LogP contribution in [0, 0.1) is 0 Å². The summed E-state index contributed by atoms with van der Waals surface area (Å²) in [5, 5.41) is 2.66. The van der Waals surface area contributed by atoms with Gasteiger partial charge in [-0.3, -0.25) is 0 Å². The Balaban J connectivity index is 0.972. The van der Waals surface area contributed by atoms with Gasteiger partial charge in [0, 0.05) is 22.1 Å². The van der Waals surface area contributed by atoms with Crippen molar-refractivity contribution in [3.8, 4) is 78.4 Å². The standard InChI is InChI=1S/C56H42N2/c1-4-15-38(16-5-1)42-21-12-23-46(33-42)52-37-53(58-55(57-52)41-17-6-2-7-18-41)47-24-13-22-43(34-47)39-27-29-40(30-28-39)48-25-14-26-50-54(48)49-35-44-19-8-9-20-45(44)36-51(49)56(50)31-10-3-11-32-56/h1-2,4-9,12-30,33-37H,3,10-11,31-32H2. The smallest absolute Gasteiger partial charge is 0.160 e. The van der Waals surface area contributed by atoms with Gasteiger partial charge in [0.05, 0.1) is 11.4 Å². The van der Waals surface area contributed by atoms with Crippen molar-refractivity contribution < 1.29 is 0 Å². The largest absolute Gasteiger partial charge is 0.228 e. The van der Waals surface area contributed by atoms with Crippen molar-refractivity contribution in [1.29, 1.82) is 0 Å². The number of aromatic nitrogens is 2. The summed E-state index contributed by atoms with van der Waals surface area (Å²) in [5.74, 6) is 0.716. The zero-order chi connectivity index (χ0) is 38.5. The molecular formula is C56H42N2. The van der Waals surface area contributed by atoms with Crippen LogP contribution in [0.1, 0.15) is 43.2 Å².